The SMILES string of the molecule is CC(=O)c1ccc(Sc2ccc(C(=O)NC3C4CCN(CC4)C3C)cc2)s1. The van der Waals surface area contributed by atoms with Gasteiger partial charge in [0.1, 0.15) is 0 Å². The zero-order valence-corrected chi connectivity index (χ0v) is 17.2. The maximum absolute atomic E-state index is 12.7. The fraction of sp³-hybridized carbons (Fsp3) is 0.429. The predicted molar refractivity (Wildman–Crippen MR) is 110 cm³/mol. The number of piperidine rings is 3. The summed E-state index contributed by atoms with van der Waals surface area (Å²) in [5.74, 6) is 0.728. The molecule has 6 heteroatoms. The average molecular weight is 401 g/mol. The van der Waals surface area contributed by atoms with Gasteiger partial charge in [-0.3, -0.25) is 14.5 Å². The van der Waals surface area contributed by atoms with Gasteiger partial charge in [0.05, 0.1) is 9.09 Å². The molecule has 4 heterocycles. The van der Waals surface area contributed by atoms with E-state index in [1.165, 1.54) is 24.2 Å². The van der Waals surface area contributed by atoms with Gasteiger partial charge in [0.2, 0.25) is 0 Å². The lowest BCUT2D eigenvalue weighted by Gasteiger charge is -2.49. The summed E-state index contributed by atoms with van der Waals surface area (Å²) in [4.78, 5) is 28.5. The van der Waals surface area contributed by atoms with E-state index >= 15 is 0 Å². The molecule has 2 bridgehead atoms. The number of hydrogen-bond acceptors (Lipinski definition) is 5. The van der Waals surface area contributed by atoms with E-state index in [2.05, 4.69) is 17.1 Å². The van der Waals surface area contributed by atoms with Gasteiger partial charge in [-0.1, -0.05) is 11.8 Å². The molecule has 3 aliphatic heterocycles. The molecule has 4 nitrogen and oxygen atoms in total. The van der Waals surface area contributed by atoms with Crippen LogP contribution < -0.4 is 5.32 Å². The summed E-state index contributed by atoms with van der Waals surface area (Å²) in [5.41, 5.74) is 0.707. The van der Waals surface area contributed by atoms with Gasteiger partial charge >= 0.3 is 0 Å². The molecule has 1 N–H and O–H groups in total. The van der Waals surface area contributed by atoms with E-state index in [-0.39, 0.29) is 17.7 Å². The molecule has 3 saturated heterocycles. The van der Waals surface area contributed by atoms with Crippen LogP contribution >= 0.6 is 23.1 Å². The van der Waals surface area contributed by atoms with Gasteiger partial charge in [0.25, 0.3) is 5.91 Å². The first-order valence-electron chi connectivity index (χ1n) is 9.45. The van der Waals surface area contributed by atoms with Crippen LogP contribution in [-0.2, 0) is 0 Å². The lowest BCUT2D eigenvalue weighted by atomic mass is 9.79. The second-order valence-corrected chi connectivity index (χ2v) is 9.87. The fourth-order valence-corrected chi connectivity index (χ4v) is 6.13. The number of carbonyl (C=O) groups is 2. The van der Waals surface area contributed by atoms with Gasteiger partial charge in [-0.25, -0.2) is 0 Å². The number of thiophene rings is 1. The van der Waals surface area contributed by atoms with Crippen LogP contribution in [0, 0.1) is 5.92 Å². The maximum atomic E-state index is 12.7. The normalized spacial score (nSPS) is 26.7. The highest BCUT2D eigenvalue weighted by molar-refractivity contribution is 8.01. The molecule has 2 unspecified atom stereocenters. The number of benzene rings is 1. The molecule has 27 heavy (non-hydrogen) atoms. The number of rotatable bonds is 5. The van der Waals surface area contributed by atoms with Gasteiger partial charge in [0.15, 0.2) is 5.78 Å². The van der Waals surface area contributed by atoms with Crippen LogP contribution in [0.25, 0.3) is 0 Å². The molecule has 2 atom stereocenters. The van der Waals surface area contributed by atoms with Crippen LogP contribution in [0.2, 0.25) is 0 Å². The Morgan fingerprint density at radius 2 is 1.81 bits per heavy atom. The molecule has 1 aromatic carbocycles. The molecule has 0 aliphatic carbocycles. The van der Waals surface area contributed by atoms with E-state index in [1.807, 2.05) is 36.4 Å². The summed E-state index contributed by atoms with van der Waals surface area (Å²) in [6, 6.07) is 12.3. The molecule has 0 spiro atoms. The standard InChI is InChI=1S/C21H24N2O2S2/c1-13-20(15-9-11-23(13)12-10-15)22-21(25)16-3-5-17(6-4-16)26-19-8-7-18(27-19)14(2)24/h3-8,13,15,20H,9-12H2,1-2H3,(H,22,25). The summed E-state index contributed by atoms with van der Waals surface area (Å²) in [6.07, 6.45) is 2.38. The Bertz CT molecular complexity index is 836. The van der Waals surface area contributed by atoms with Gasteiger partial charge < -0.3 is 5.32 Å². The molecular formula is C21H24N2O2S2. The summed E-state index contributed by atoms with van der Waals surface area (Å²) >= 11 is 3.13. The maximum Gasteiger partial charge on any atom is 0.251 e. The predicted octanol–water partition coefficient (Wildman–Crippen LogP) is 4.31. The first-order valence-corrected chi connectivity index (χ1v) is 11.1. The minimum absolute atomic E-state index is 0.0205. The molecule has 0 saturated carbocycles. The van der Waals surface area contributed by atoms with Crippen molar-refractivity contribution in [3.05, 3.63) is 46.8 Å². The number of nitrogens with one attached hydrogen (secondary N) is 1. The van der Waals surface area contributed by atoms with E-state index in [0.717, 1.165) is 27.1 Å². The van der Waals surface area contributed by atoms with Crippen molar-refractivity contribution in [1.29, 1.82) is 0 Å². The second-order valence-electron chi connectivity index (χ2n) is 7.41. The summed E-state index contributed by atoms with van der Waals surface area (Å²) in [7, 11) is 0. The highest BCUT2D eigenvalue weighted by atomic mass is 32.2. The Morgan fingerprint density at radius 3 is 2.41 bits per heavy atom. The molecule has 1 aromatic heterocycles. The molecule has 3 aliphatic rings. The molecule has 5 rings (SSSR count). The van der Waals surface area contributed by atoms with E-state index < -0.39 is 0 Å². The number of carbonyl (C=O) groups excluding carboxylic acids is 2. The largest absolute Gasteiger partial charge is 0.347 e. The first-order chi connectivity index (χ1) is 13.0. The van der Waals surface area contributed by atoms with Gasteiger partial charge in [-0.15, -0.1) is 11.3 Å². The molecule has 142 valence electrons. The van der Waals surface area contributed by atoms with Gasteiger partial charge in [-0.2, -0.15) is 0 Å². The lowest BCUT2D eigenvalue weighted by molar-refractivity contribution is 0.0217. The Labute approximate surface area is 168 Å². The van der Waals surface area contributed by atoms with Crippen molar-refractivity contribution in [2.75, 3.05) is 13.1 Å². The van der Waals surface area contributed by atoms with Crippen LogP contribution in [-0.4, -0.2) is 41.8 Å². The third-order valence-electron chi connectivity index (χ3n) is 5.74. The van der Waals surface area contributed by atoms with Crippen LogP contribution in [0.1, 0.15) is 46.7 Å². The summed E-state index contributed by atoms with van der Waals surface area (Å²) in [6.45, 7) is 6.15. The molecule has 2 aromatic rings. The summed E-state index contributed by atoms with van der Waals surface area (Å²) < 4.78 is 1.08. The van der Waals surface area contributed by atoms with E-state index in [0.29, 0.717) is 17.5 Å². The Morgan fingerprint density at radius 1 is 1.11 bits per heavy atom. The van der Waals surface area contributed by atoms with Crippen molar-refractivity contribution in [1.82, 2.24) is 10.2 Å². The van der Waals surface area contributed by atoms with Crippen LogP contribution in [0.5, 0.6) is 0 Å². The smallest absolute Gasteiger partial charge is 0.251 e. The number of fused-ring (bicyclic) bond motifs is 3. The highest BCUT2D eigenvalue weighted by Gasteiger charge is 2.40. The Kier molecular flexibility index (Phi) is 5.39. The number of hydrogen-bond donors (Lipinski definition) is 1. The molecular weight excluding hydrogens is 376 g/mol. The lowest BCUT2D eigenvalue weighted by Crippen LogP contribution is -2.62. The van der Waals surface area contributed by atoms with Crippen LogP contribution in [0.3, 0.4) is 0 Å². The summed E-state index contributed by atoms with van der Waals surface area (Å²) in [5, 5.41) is 3.28. The second kappa shape index (κ2) is 7.78. The Hall–Kier alpha value is -1.63. The average Bonchev–Trinajstić information content (AvgIpc) is 3.14. The van der Waals surface area contributed by atoms with E-state index in [9.17, 15) is 9.59 Å². The van der Waals surface area contributed by atoms with Crippen molar-refractivity contribution in [3.8, 4) is 0 Å². The number of ketones is 1. The first kappa shape index (κ1) is 18.7. The number of amides is 1. The van der Waals surface area contributed by atoms with Gasteiger partial charge in [-0.05, 0) is 82.1 Å². The third kappa shape index (κ3) is 3.98. The minimum atomic E-state index is 0.0205. The van der Waals surface area contributed by atoms with Crippen molar-refractivity contribution in [3.63, 3.8) is 0 Å². The molecule has 1 amide bonds. The number of Topliss-reactive ketones (excluding diaryl/α,β-unsaturated/α-hetero) is 1. The van der Waals surface area contributed by atoms with Crippen LogP contribution in [0.4, 0.5) is 0 Å². The zero-order chi connectivity index (χ0) is 19.0. The zero-order valence-electron chi connectivity index (χ0n) is 15.6. The topological polar surface area (TPSA) is 49.4 Å². The highest BCUT2D eigenvalue weighted by Crippen LogP contribution is 2.34. The van der Waals surface area contributed by atoms with Gasteiger partial charge in [0, 0.05) is 22.5 Å². The molecule has 0 radical (unpaired) electrons. The molecule has 3 fully saturated rings. The third-order valence-corrected chi connectivity index (χ3v) is 8.06. The van der Waals surface area contributed by atoms with Crippen molar-refractivity contribution in [2.24, 2.45) is 5.92 Å². The van der Waals surface area contributed by atoms with Crippen molar-refractivity contribution < 1.29 is 9.59 Å². The van der Waals surface area contributed by atoms with E-state index in [4.69, 9.17) is 0 Å². The van der Waals surface area contributed by atoms with Crippen molar-refractivity contribution >= 4 is 34.8 Å². The number of nitrogens with zero attached hydrogens (tertiary/aromatic N) is 1. The minimum Gasteiger partial charge on any atom is -0.347 e. The Balaban J connectivity index is 1.39. The monoisotopic (exact) mass is 400 g/mol. The fourth-order valence-electron chi connectivity index (χ4n) is 4.13. The quantitative estimate of drug-likeness (QED) is 0.760. The van der Waals surface area contributed by atoms with E-state index in [1.54, 1.807) is 18.7 Å². The van der Waals surface area contributed by atoms with Crippen molar-refractivity contribution in [2.45, 2.75) is 47.9 Å². The van der Waals surface area contributed by atoms with Crippen LogP contribution in [0.15, 0.2) is 45.5 Å².